The number of rotatable bonds is 12. The van der Waals surface area contributed by atoms with E-state index in [0.29, 0.717) is 43.2 Å². The summed E-state index contributed by atoms with van der Waals surface area (Å²) in [6.07, 6.45) is 1.82. The maximum atomic E-state index is 12.9. The lowest BCUT2D eigenvalue weighted by Crippen LogP contribution is -2.40. The lowest BCUT2D eigenvalue weighted by atomic mass is 9.98. The number of ether oxygens (including phenoxy) is 4. The third-order valence-electron chi connectivity index (χ3n) is 6.20. The summed E-state index contributed by atoms with van der Waals surface area (Å²) in [5.74, 6) is 0.180. The normalized spacial score (nSPS) is 15.8. The number of nitrogens with zero attached hydrogens (tertiary/aromatic N) is 3. The van der Waals surface area contributed by atoms with Crippen molar-refractivity contribution in [3.8, 4) is 11.5 Å². The van der Waals surface area contributed by atoms with Crippen LogP contribution < -0.4 is 19.8 Å². The number of fused-ring (bicyclic) bond motifs is 1. The maximum Gasteiger partial charge on any atom is 0.312 e. The average molecular weight is 555 g/mol. The third-order valence-corrected chi connectivity index (χ3v) is 8.11. The summed E-state index contributed by atoms with van der Waals surface area (Å²) >= 11 is 0. The molecule has 2 aromatic rings. The molecule has 3 rings (SSSR count). The summed E-state index contributed by atoms with van der Waals surface area (Å²) in [4.78, 5) is 31.4. The second kappa shape index (κ2) is 12.9. The molecule has 1 saturated heterocycles. The summed E-state index contributed by atoms with van der Waals surface area (Å²) in [5.41, 5.74) is -0.736. The Balaban J connectivity index is 1.58. The van der Waals surface area contributed by atoms with Gasteiger partial charge in [0.15, 0.2) is 18.2 Å². The Morgan fingerprint density at radius 1 is 1.21 bits per heavy atom. The number of sulfonamides is 1. The van der Waals surface area contributed by atoms with Gasteiger partial charge < -0.3 is 18.9 Å². The van der Waals surface area contributed by atoms with Crippen molar-refractivity contribution in [2.45, 2.75) is 46.1 Å². The molecule has 2 heterocycles. The van der Waals surface area contributed by atoms with Crippen molar-refractivity contribution in [1.82, 2.24) is 19.2 Å². The second-order valence-corrected chi connectivity index (χ2v) is 12.4. The van der Waals surface area contributed by atoms with Gasteiger partial charge in [-0.05, 0) is 46.7 Å². The van der Waals surface area contributed by atoms with Crippen molar-refractivity contribution in [3.63, 3.8) is 0 Å². The predicted molar refractivity (Wildman–Crippen MR) is 142 cm³/mol. The number of aromatic nitrogens is 2. The van der Waals surface area contributed by atoms with Crippen molar-refractivity contribution < 1.29 is 32.2 Å². The van der Waals surface area contributed by atoms with Crippen LogP contribution in [0.25, 0.3) is 10.9 Å². The van der Waals surface area contributed by atoms with Crippen LogP contribution in [0.1, 0.15) is 34.1 Å². The van der Waals surface area contributed by atoms with Crippen molar-refractivity contribution in [2.75, 3.05) is 53.1 Å². The fourth-order valence-corrected chi connectivity index (χ4v) is 4.77. The highest BCUT2D eigenvalue weighted by atomic mass is 32.2. The summed E-state index contributed by atoms with van der Waals surface area (Å²) < 4.78 is 50.7. The Kier molecular flexibility index (Phi) is 10.1. The Labute approximate surface area is 223 Å². The van der Waals surface area contributed by atoms with Gasteiger partial charge >= 0.3 is 5.97 Å². The largest absolute Gasteiger partial charge is 0.493 e. The van der Waals surface area contributed by atoms with Gasteiger partial charge in [-0.25, -0.2) is 18.1 Å². The number of methoxy groups -OCH3 is 1. The number of esters is 1. The molecule has 1 aliphatic heterocycles. The van der Waals surface area contributed by atoms with Gasteiger partial charge in [0.2, 0.25) is 10.0 Å². The van der Waals surface area contributed by atoms with E-state index in [4.69, 9.17) is 18.9 Å². The number of morpholine rings is 1. The number of carbonyl (C=O) groups is 1. The third kappa shape index (κ3) is 7.88. The molecular formula is C25H38N4O8S. The Morgan fingerprint density at radius 3 is 2.58 bits per heavy atom. The first-order chi connectivity index (χ1) is 17.9. The van der Waals surface area contributed by atoms with Gasteiger partial charge in [-0.3, -0.25) is 19.1 Å². The summed E-state index contributed by atoms with van der Waals surface area (Å²) in [5, 5.41) is -0.284. The molecule has 1 aromatic carbocycles. The highest BCUT2D eigenvalue weighted by Crippen LogP contribution is 2.30. The van der Waals surface area contributed by atoms with Gasteiger partial charge in [0.25, 0.3) is 5.56 Å². The zero-order valence-corrected chi connectivity index (χ0v) is 23.5. The maximum absolute atomic E-state index is 12.9. The van der Waals surface area contributed by atoms with Crippen LogP contribution in [0.4, 0.5) is 0 Å². The summed E-state index contributed by atoms with van der Waals surface area (Å²) in [6, 6.07) is 3.06. The van der Waals surface area contributed by atoms with Gasteiger partial charge in [-0.1, -0.05) is 0 Å². The van der Waals surface area contributed by atoms with Gasteiger partial charge in [-0.2, -0.15) is 0 Å². The molecule has 1 aromatic heterocycles. The monoisotopic (exact) mass is 554 g/mol. The zero-order valence-electron chi connectivity index (χ0n) is 22.7. The smallest absolute Gasteiger partial charge is 0.312 e. The van der Waals surface area contributed by atoms with E-state index in [-0.39, 0.29) is 25.3 Å². The molecule has 0 radical (unpaired) electrons. The van der Waals surface area contributed by atoms with E-state index in [1.807, 2.05) is 0 Å². The van der Waals surface area contributed by atoms with E-state index >= 15 is 0 Å². The molecule has 1 aliphatic rings. The van der Waals surface area contributed by atoms with Crippen LogP contribution in [0.3, 0.4) is 0 Å². The van der Waals surface area contributed by atoms with Gasteiger partial charge in [-0.15, -0.1) is 0 Å². The fourth-order valence-electron chi connectivity index (χ4n) is 3.71. The number of nitrogens with one attached hydrogen (secondary N) is 1. The molecular weight excluding hydrogens is 516 g/mol. The minimum atomic E-state index is -3.51. The second-order valence-electron chi connectivity index (χ2n) is 10.2. The van der Waals surface area contributed by atoms with E-state index in [9.17, 15) is 18.0 Å². The quantitative estimate of drug-likeness (QED) is 0.302. The van der Waals surface area contributed by atoms with Gasteiger partial charge in [0, 0.05) is 25.7 Å². The first-order valence-corrected chi connectivity index (χ1v) is 14.1. The Bertz CT molecular complexity index is 1270. The van der Waals surface area contributed by atoms with E-state index in [2.05, 4.69) is 14.6 Å². The summed E-state index contributed by atoms with van der Waals surface area (Å²) in [7, 11) is -2.07. The number of benzene rings is 1. The van der Waals surface area contributed by atoms with E-state index in [1.165, 1.54) is 24.1 Å². The number of carbonyl (C=O) groups excluding carboxylic acids is 1. The molecule has 212 valence electrons. The molecule has 0 bridgehead atoms. The van der Waals surface area contributed by atoms with Gasteiger partial charge in [0.05, 0.1) is 41.9 Å². The van der Waals surface area contributed by atoms with Crippen molar-refractivity contribution in [1.29, 1.82) is 0 Å². The lowest BCUT2D eigenvalue weighted by molar-refractivity contribution is -0.157. The van der Waals surface area contributed by atoms with Crippen molar-refractivity contribution in [3.05, 3.63) is 28.8 Å². The Hall–Kier alpha value is -2.74. The molecule has 1 atom stereocenters. The van der Waals surface area contributed by atoms with Crippen LogP contribution in [-0.2, 0) is 31.0 Å². The highest BCUT2D eigenvalue weighted by Gasteiger charge is 2.24. The molecule has 12 nitrogen and oxygen atoms in total. The molecule has 0 aliphatic carbocycles. The molecule has 38 heavy (non-hydrogen) atoms. The van der Waals surface area contributed by atoms with Crippen LogP contribution in [0, 0.1) is 5.41 Å². The Morgan fingerprint density at radius 2 is 1.92 bits per heavy atom. The van der Waals surface area contributed by atoms with Crippen LogP contribution in [-0.4, -0.2) is 87.2 Å². The van der Waals surface area contributed by atoms with Crippen molar-refractivity contribution >= 4 is 26.9 Å². The summed E-state index contributed by atoms with van der Waals surface area (Å²) in [6.45, 7) is 10.4. The first kappa shape index (κ1) is 29.8. The molecule has 1 fully saturated rings. The number of hydrogen-bond acceptors (Lipinski definition) is 10. The van der Waals surface area contributed by atoms with E-state index < -0.39 is 32.2 Å². The SMILES string of the molecule is COc1cc2c(=O)n(COC(=O)C(C)(C)C)cnc2cc1OCCNS(=O)(=O)C(C)CCN1CCOCC1. The minimum Gasteiger partial charge on any atom is -0.493 e. The lowest BCUT2D eigenvalue weighted by Gasteiger charge is -2.27. The average Bonchev–Trinajstić information content (AvgIpc) is 2.88. The van der Waals surface area contributed by atoms with E-state index in [0.717, 1.165) is 13.1 Å². The molecule has 0 saturated carbocycles. The standard InChI is InChI=1S/C25H38N4O8S/c1-18(6-8-28-9-12-35-13-10-28)38(32,33)27-7-11-36-22-15-20-19(14-21(22)34-5)23(30)29(16-26-20)17-37-24(31)25(2,3)4/h14-16,18,27H,6-13,17H2,1-5H3. The van der Waals surface area contributed by atoms with E-state index in [1.54, 1.807) is 33.8 Å². The fraction of sp³-hybridized carbons (Fsp3) is 0.640. The van der Waals surface area contributed by atoms with Crippen LogP contribution in [0.15, 0.2) is 23.3 Å². The van der Waals surface area contributed by atoms with Crippen molar-refractivity contribution in [2.24, 2.45) is 5.41 Å². The van der Waals surface area contributed by atoms with Crippen LogP contribution in [0.5, 0.6) is 11.5 Å². The molecule has 1 N–H and O–H groups in total. The molecule has 0 amide bonds. The minimum absolute atomic E-state index is 0.0527. The number of hydrogen-bond donors (Lipinski definition) is 1. The zero-order chi connectivity index (χ0) is 27.9. The molecule has 1 unspecified atom stereocenters. The van der Waals surface area contributed by atoms with Crippen LogP contribution in [0.2, 0.25) is 0 Å². The molecule has 0 spiro atoms. The highest BCUT2D eigenvalue weighted by molar-refractivity contribution is 7.90. The van der Waals surface area contributed by atoms with Gasteiger partial charge in [0.1, 0.15) is 12.9 Å². The molecule has 13 heteroatoms. The first-order valence-electron chi connectivity index (χ1n) is 12.6. The van der Waals surface area contributed by atoms with Crippen LogP contribution >= 0.6 is 0 Å². The topological polar surface area (TPSA) is 138 Å². The predicted octanol–water partition coefficient (Wildman–Crippen LogP) is 1.36.